The maximum absolute atomic E-state index is 11.7. The summed E-state index contributed by atoms with van der Waals surface area (Å²) in [5.74, 6) is -1.32. The van der Waals surface area contributed by atoms with E-state index in [0.717, 1.165) is 11.1 Å². The fourth-order valence-electron chi connectivity index (χ4n) is 1.92. The van der Waals surface area contributed by atoms with Crippen molar-refractivity contribution < 1.29 is 9.59 Å². The summed E-state index contributed by atoms with van der Waals surface area (Å²) in [6.45, 7) is 2.33. The van der Waals surface area contributed by atoms with Crippen molar-refractivity contribution in [2.75, 3.05) is 11.9 Å². The van der Waals surface area contributed by atoms with Gasteiger partial charge in [0.05, 0.1) is 0 Å². The largest absolute Gasteiger partial charge is 0.347 e. The van der Waals surface area contributed by atoms with Gasteiger partial charge in [-0.2, -0.15) is 0 Å². The molecule has 114 valence electrons. The molecule has 0 heterocycles. The predicted molar refractivity (Wildman–Crippen MR) is 88.0 cm³/mol. The molecule has 0 saturated carbocycles. The van der Waals surface area contributed by atoms with Gasteiger partial charge in [0, 0.05) is 17.3 Å². The second-order valence-corrected chi connectivity index (χ2v) is 5.39. The third kappa shape index (κ3) is 4.90. The van der Waals surface area contributed by atoms with Gasteiger partial charge < -0.3 is 10.6 Å². The lowest BCUT2D eigenvalue weighted by molar-refractivity contribution is -0.136. The number of hydrogen-bond donors (Lipinski definition) is 2. The maximum Gasteiger partial charge on any atom is 0.313 e. The second kappa shape index (κ2) is 7.61. The molecular weight excluding hydrogens is 300 g/mol. The molecule has 0 bridgehead atoms. The van der Waals surface area contributed by atoms with Gasteiger partial charge in [0.15, 0.2) is 0 Å². The fraction of sp³-hybridized carbons (Fsp3) is 0.176. The minimum atomic E-state index is -0.671. The van der Waals surface area contributed by atoms with E-state index in [1.165, 1.54) is 0 Å². The molecule has 2 aromatic carbocycles. The Balaban J connectivity index is 1.79. The van der Waals surface area contributed by atoms with Gasteiger partial charge >= 0.3 is 11.8 Å². The number of hydrogen-bond acceptors (Lipinski definition) is 2. The van der Waals surface area contributed by atoms with Crippen molar-refractivity contribution in [1.29, 1.82) is 0 Å². The van der Waals surface area contributed by atoms with Gasteiger partial charge in [0.25, 0.3) is 0 Å². The number of halogens is 1. The smallest absolute Gasteiger partial charge is 0.313 e. The number of carbonyl (C=O) groups is 2. The summed E-state index contributed by atoms with van der Waals surface area (Å²) >= 11 is 5.89. The van der Waals surface area contributed by atoms with Gasteiger partial charge in [-0.15, -0.1) is 0 Å². The number of benzene rings is 2. The normalized spacial score (nSPS) is 10.1. The van der Waals surface area contributed by atoms with Crippen LogP contribution < -0.4 is 10.6 Å². The summed E-state index contributed by atoms with van der Waals surface area (Å²) in [7, 11) is 0. The van der Waals surface area contributed by atoms with Crippen molar-refractivity contribution in [3.63, 3.8) is 0 Å². The molecule has 0 aliphatic carbocycles. The Labute approximate surface area is 134 Å². The van der Waals surface area contributed by atoms with Gasteiger partial charge in [-0.25, -0.2) is 0 Å². The zero-order valence-electron chi connectivity index (χ0n) is 12.2. The van der Waals surface area contributed by atoms with Crippen LogP contribution in [0, 0.1) is 6.92 Å². The molecule has 5 heteroatoms. The molecule has 0 aliphatic rings. The molecule has 0 fully saturated rings. The molecule has 0 radical (unpaired) electrons. The first kappa shape index (κ1) is 16.0. The number of rotatable bonds is 4. The highest BCUT2D eigenvalue weighted by molar-refractivity contribution is 6.39. The molecule has 2 amide bonds. The van der Waals surface area contributed by atoms with E-state index in [1.807, 2.05) is 37.3 Å². The van der Waals surface area contributed by atoms with Crippen LogP contribution in [0.1, 0.15) is 11.1 Å². The first-order valence-corrected chi connectivity index (χ1v) is 7.33. The second-order valence-electron chi connectivity index (χ2n) is 4.96. The minimum Gasteiger partial charge on any atom is -0.347 e. The van der Waals surface area contributed by atoms with Crippen LogP contribution in [-0.4, -0.2) is 18.4 Å². The molecule has 2 rings (SSSR count). The highest BCUT2D eigenvalue weighted by atomic mass is 35.5. The molecule has 0 atom stereocenters. The number of anilines is 1. The van der Waals surface area contributed by atoms with Crippen molar-refractivity contribution in [1.82, 2.24) is 5.32 Å². The van der Waals surface area contributed by atoms with E-state index in [9.17, 15) is 9.59 Å². The molecule has 4 nitrogen and oxygen atoms in total. The Kier molecular flexibility index (Phi) is 5.55. The van der Waals surface area contributed by atoms with E-state index in [-0.39, 0.29) is 0 Å². The zero-order chi connectivity index (χ0) is 15.9. The van der Waals surface area contributed by atoms with Gasteiger partial charge in [-0.1, -0.05) is 41.4 Å². The fourth-order valence-corrected chi connectivity index (χ4v) is 2.13. The average molecular weight is 317 g/mol. The Hall–Kier alpha value is -2.33. The Morgan fingerprint density at radius 1 is 1.05 bits per heavy atom. The van der Waals surface area contributed by atoms with Crippen molar-refractivity contribution in [3.05, 3.63) is 64.7 Å². The first-order valence-electron chi connectivity index (χ1n) is 6.95. The van der Waals surface area contributed by atoms with E-state index in [4.69, 9.17) is 11.6 Å². The summed E-state index contributed by atoms with van der Waals surface area (Å²) in [4.78, 5) is 23.5. The molecule has 0 unspecified atom stereocenters. The molecule has 22 heavy (non-hydrogen) atoms. The van der Waals surface area contributed by atoms with Gasteiger partial charge in [0.1, 0.15) is 0 Å². The SMILES string of the molecule is Cc1ccc(NC(=O)C(=O)NCCc2cccc(Cl)c2)cc1. The maximum atomic E-state index is 11.7. The number of nitrogens with one attached hydrogen (secondary N) is 2. The molecule has 2 N–H and O–H groups in total. The zero-order valence-corrected chi connectivity index (χ0v) is 13.0. The summed E-state index contributed by atoms with van der Waals surface area (Å²) in [5.41, 5.74) is 2.69. The van der Waals surface area contributed by atoms with Crippen LogP contribution in [0.15, 0.2) is 48.5 Å². The van der Waals surface area contributed by atoms with Crippen LogP contribution in [0.4, 0.5) is 5.69 Å². The van der Waals surface area contributed by atoms with E-state index in [1.54, 1.807) is 18.2 Å². The topological polar surface area (TPSA) is 58.2 Å². The van der Waals surface area contributed by atoms with Crippen LogP contribution in [-0.2, 0) is 16.0 Å². The lowest BCUT2D eigenvalue weighted by atomic mass is 10.1. The van der Waals surface area contributed by atoms with E-state index in [0.29, 0.717) is 23.7 Å². The van der Waals surface area contributed by atoms with E-state index in [2.05, 4.69) is 10.6 Å². The Bertz CT molecular complexity index is 669. The van der Waals surface area contributed by atoms with Crippen LogP contribution >= 0.6 is 11.6 Å². The lowest BCUT2D eigenvalue weighted by Crippen LogP contribution is -2.36. The van der Waals surface area contributed by atoms with Gasteiger partial charge in [-0.05, 0) is 43.2 Å². The quantitative estimate of drug-likeness (QED) is 0.852. The van der Waals surface area contributed by atoms with E-state index < -0.39 is 11.8 Å². The van der Waals surface area contributed by atoms with Crippen LogP contribution in [0.5, 0.6) is 0 Å². The summed E-state index contributed by atoms with van der Waals surface area (Å²) in [6, 6.07) is 14.6. The molecule has 0 spiro atoms. The number of carbonyl (C=O) groups excluding carboxylic acids is 2. The average Bonchev–Trinajstić information content (AvgIpc) is 2.49. The summed E-state index contributed by atoms with van der Waals surface area (Å²) in [5, 5.41) is 5.80. The highest BCUT2D eigenvalue weighted by Crippen LogP contribution is 2.11. The molecule has 2 aromatic rings. The predicted octanol–water partition coefficient (Wildman–Crippen LogP) is 2.95. The van der Waals surface area contributed by atoms with Crippen molar-refractivity contribution >= 4 is 29.1 Å². The summed E-state index contributed by atoms with van der Waals surface area (Å²) in [6.07, 6.45) is 0.615. The van der Waals surface area contributed by atoms with Gasteiger partial charge in [0.2, 0.25) is 0 Å². The Morgan fingerprint density at radius 2 is 1.77 bits per heavy atom. The number of amides is 2. The standard InChI is InChI=1S/C17H17ClN2O2/c1-12-5-7-15(8-6-12)20-17(22)16(21)19-10-9-13-3-2-4-14(18)11-13/h2-8,11H,9-10H2,1H3,(H,19,21)(H,20,22). The molecular formula is C17H17ClN2O2. The van der Waals surface area contributed by atoms with E-state index >= 15 is 0 Å². The van der Waals surface area contributed by atoms with Gasteiger partial charge in [-0.3, -0.25) is 9.59 Å². The summed E-state index contributed by atoms with van der Waals surface area (Å²) < 4.78 is 0. The van der Waals surface area contributed by atoms with Crippen molar-refractivity contribution in [3.8, 4) is 0 Å². The van der Waals surface area contributed by atoms with Crippen LogP contribution in [0.25, 0.3) is 0 Å². The third-order valence-corrected chi connectivity index (χ3v) is 3.34. The Morgan fingerprint density at radius 3 is 2.45 bits per heavy atom. The minimum absolute atomic E-state index is 0.375. The molecule has 0 aromatic heterocycles. The first-order chi connectivity index (χ1) is 10.5. The van der Waals surface area contributed by atoms with Crippen molar-refractivity contribution in [2.45, 2.75) is 13.3 Å². The molecule has 0 aliphatic heterocycles. The number of aryl methyl sites for hydroxylation is 1. The van der Waals surface area contributed by atoms with Crippen LogP contribution in [0.3, 0.4) is 0 Å². The lowest BCUT2D eigenvalue weighted by Gasteiger charge is -2.07. The van der Waals surface area contributed by atoms with Crippen molar-refractivity contribution in [2.24, 2.45) is 0 Å². The third-order valence-electron chi connectivity index (χ3n) is 3.10. The van der Waals surface area contributed by atoms with Crippen LogP contribution in [0.2, 0.25) is 5.02 Å². The monoisotopic (exact) mass is 316 g/mol. The molecule has 0 saturated heterocycles. The highest BCUT2D eigenvalue weighted by Gasteiger charge is 2.12.